The maximum atomic E-state index is 14.1. The Balaban J connectivity index is 1.47. The number of ether oxygens (including phenoxy) is 1. The van der Waals surface area contributed by atoms with Crippen LogP contribution in [0.25, 0.3) is 22.3 Å². The molecule has 0 bridgehead atoms. The summed E-state index contributed by atoms with van der Waals surface area (Å²) in [5, 5.41) is 6.42. The van der Waals surface area contributed by atoms with Gasteiger partial charge in [-0.3, -0.25) is 0 Å². The fraction of sp³-hybridized carbons (Fsp3) is 0.481. The molecule has 4 rings (SSSR count). The molecule has 1 aromatic carbocycles. The quantitative estimate of drug-likeness (QED) is 0.385. The Bertz CT molecular complexity index is 1250. The largest absolute Gasteiger partial charge is 0.444 e. The molecule has 0 radical (unpaired) electrons. The van der Waals surface area contributed by atoms with Crippen LogP contribution >= 0.6 is 0 Å². The van der Waals surface area contributed by atoms with Gasteiger partial charge in [0.25, 0.3) is 0 Å². The van der Waals surface area contributed by atoms with Crippen molar-refractivity contribution in [2.24, 2.45) is 0 Å². The highest BCUT2D eigenvalue weighted by atomic mass is 19.1. The zero-order chi connectivity index (χ0) is 26.0. The summed E-state index contributed by atoms with van der Waals surface area (Å²) in [5.74, 6) is 0.276. The van der Waals surface area contributed by atoms with Crippen molar-refractivity contribution in [3.63, 3.8) is 0 Å². The topological polar surface area (TPSA) is 115 Å². The molecule has 1 saturated carbocycles. The number of hydrogen-bond acceptors (Lipinski definition) is 7. The molecule has 0 unspecified atom stereocenters. The van der Waals surface area contributed by atoms with Crippen LogP contribution in [0.15, 0.2) is 30.5 Å². The van der Waals surface area contributed by atoms with Crippen LogP contribution in [0.4, 0.5) is 20.8 Å². The van der Waals surface area contributed by atoms with E-state index in [-0.39, 0.29) is 29.8 Å². The van der Waals surface area contributed by atoms with E-state index >= 15 is 0 Å². The SMILES string of the molecule is CC(C)c1cc(-c2ccc(N)c(F)c2)nc2cnc(N[C@H]3CC[C@H](NC(=O)OC(C)(C)C)CC3)nc12. The van der Waals surface area contributed by atoms with Crippen LogP contribution in [0.3, 0.4) is 0 Å². The molecule has 4 N–H and O–H groups in total. The van der Waals surface area contributed by atoms with Gasteiger partial charge >= 0.3 is 6.09 Å². The third-order valence-corrected chi connectivity index (χ3v) is 6.28. The molecule has 2 aromatic heterocycles. The first kappa shape index (κ1) is 25.6. The number of nitrogen functional groups attached to an aromatic ring is 1. The molecule has 0 saturated heterocycles. The van der Waals surface area contributed by atoms with Gasteiger partial charge in [-0.1, -0.05) is 19.9 Å². The first-order valence-electron chi connectivity index (χ1n) is 12.5. The summed E-state index contributed by atoms with van der Waals surface area (Å²) >= 11 is 0. The van der Waals surface area contributed by atoms with E-state index in [0.29, 0.717) is 22.7 Å². The van der Waals surface area contributed by atoms with Gasteiger partial charge in [-0.25, -0.2) is 24.1 Å². The smallest absolute Gasteiger partial charge is 0.407 e. The third kappa shape index (κ3) is 6.19. The lowest BCUT2D eigenvalue weighted by Crippen LogP contribution is -2.42. The zero-order valence-electron chi connectivity index (χ0n) is 21.6. The molecule has 1 amide bonds. The van der Waals surface area contributed by atoms with Gasteiger partial charge in [-0.2, -0.15) is 0 Å². The number of anilines is 2. The average molecular weight is 495 g/mol. The highest BCUT2D eigenvalue weighted by Crippen LogP contribution is 2.30. The maximum Gasteiger partial charge on any atom is 0.407 e. The molecule has 0 spiro atoms. The van der Waals surface area contributed by atoms with Crippen LogP contribution in [0, 0.1) is 5.82 Å². The highest BCUT2D eigenvalue weighted by molar-refractivity contribution is 5.82. The second-order valence-electron chi connectivity index (χ2n) is 10.8. The minimum absolute atomic E-state index is 0.101. The zero-order valence-corrected chi connectivity index (χ0v) is 21.6. The average Bonchev–Trinajstić information content (AvgIpc) is 2.80. The van der Waals surface area contributed by atoms with Gasteiger partial charge < -0.3 is 21.1 Å². The van der Waals surface area contributed by atoms with Gasteiger partial charge in [0.2, 0.25) is 5.95 Å². The number of amides is 1. The Kier molecular flexibility index (Phi) is 7.28. The van der Waals surface area contributed by atoms with E-state index in [4.69, 9.17) is 20.4 Å². The van der Waals surface area contributed by atoms with Crippen molar-refractivity contribution >= 4 is 28.8 Å². The Morgan fingerprint density at radius 3 is 2.44 bits per heavy atom. The predicted molar refractivity (Wildman–Crippen MR) is 140 cm³/mol. The summed E-state index contributed by atoms with van der Waals surface area (Å²) in [4.78, 5) is 26.1. The number of alkyl carbamates (subject to hydrolysis) is 1. The molecule has 0 atom stereocenters. The molecule has 8 nitrogen and oxygen atoms in total. The summed E-state index contributed by atoms with van der Waals surface area (Å²) in [6.45, 7) is 9.76. The monoisotopic (exact) mass is 494 g/mol. The van der Waals surface area contributed by atoms with Crippen LogP contribution in [-0.2, 0) is 4.74 Å². The normalized spacial score (nSPS) is 18.3. The summed E-state index contributed by atoms with van der Waals surface area (Å²) in [6, 6.07) is 6.99. The van der Waals surface area contributed by atoms with Crippen molar-refractivity contribution in [1.82, 2.24) is 20.3 Å². The van der Waals surface area contributed by atoms with E-state index in [9.17, 15) is 9.18 Å². The number of benzene rings is 1. The first-order valence-corrected chi connectivity index (χ1v) is 12.5. The Labute approximate surface area is 211 Å². The van der Waals surface area contributed by atoms with E-state index in [0.717, 1.165) is 36.8 Å². The molecular weight excluding hydrogens is 459 g/mol. The maximum absolute atomic E-state index is 14.1. The number of nitrogens with zero attached hydrogens (tertiary/aromatic N) is 3. The van der Waals surface area contributed by atoms with Crippen molar-refractivity contribution in [2.45, 2.75) is 83.9 Å². The van der Waals surface area contributed by atoms with Crippen LogP contribution in [0.5, 0.6) is 0 Å². The number of nitrogens with two attached hydrogens (primary N) is 1. The van der Waals surface area contributed by atoms with E-state index in [1.54, 1.807) is 18.3 Å². The second-order valence-corrected chi connectivity index (χ2v) is 10.8. The van der Waals surface area contributed by atoms with E-state index in [1.807, 2.05) is 26.8 Å². The van der Waals surface area contributed by atoms with Crippen molar-refractivity contribution in [1.29, 1.82) is 0 Å². The molecule has 1 aliphatic carbocycles. The molecule has 36 heavy (non-hydrogen) atoms. The van der Waals surface area contributed by atoms with E-state index in [2.05, 4.69) is 29.5 Å². The second kappa shape index (κ2) is 10.2. The van der Waals surface area contributed by atoms with Crippen molar-refractivity contribution in [2.75, 3.05) is 11.1 Å². The lowest BCUT2D eigenvalue weighted by molar-refractivity contribution is 0.0492. The number of nitrogens with one attached hydrogen (secondary N) is 2. The van der Waals surface area contributed by atoms with Gasteiger partial charge in [-0.05, 0) is 76.1 Å². The van der Waals surface area contributed by atoms with E-state index < -0.39 is 11.4 Å². The van der Waals surface area contributed by atoms with Gasteiger partial charge in [0.1, 0.15) is 16.9 Å². The molecule has 192 valence electrons. The number of fused-ring (bicyclic) bond motifs is 1. The standard InChI is InChI=1S/C27H35FN6O2/c1-15(2)19-13-22(16-6-11-21(29)20(28)12-16)33-23-14-30-25(34-24(19)23)31-17-7-9-18(10-8-17)32-26(35)36-27(3,4)5/h6,11-15,17-18H,7-10,29H2,1-5H3,(H,32,35)(H,30,31,34)/t17-,18-. The Morgan fingerprint density at radius 1 is 1.11 bits per heavy atom. The molecule has 0 aliphatic heterocycles. The van der Waals surface area contributed by atoms with Crippen molar-refractivity contribution < 1.29 is 13.9 Å². The molecular formula is C27H35FN6O2. The molecule has 3 aromatic rings. The minimum Gasteiger partial charge on any atom is -0.444 e. The van der Waals surface area contributed by atoms with Gasteiger partial charge in [0.05, 0.1) is 23.1 Å². The number of halogens is 1. The van der Waals surface area contributed by atoms with Gasteiger partial charge in [0.15, 0.2) is 0 Å². The minimum atomic E-state index is -0.508. The van der Waals surface area contributed by atoms with Crippen molar-refractivity contribution in [3.8, 4) is 11.3 Å². The van der Waals surface area contributed by atoms with Crippen LogP contribution in [0.1, 0.15) is 71.8 Å². The molecule has 9 heteroatoms. The number of hydrogen-bond donors (Lipinski definition) is 3. The lowest BCUT2D eigenvalue weighted by atomic mass is 9.91. The third-order valence-electron chi connectivity index (χ3n) is 6.28. The number of carbonyl (C=O) groups excluding carboxylic acids is 1. The fourth-order valence-electron chi connectivity index (χ4n) is 4.43. The number of pyridine rings is 1. The number of rotatable bonds is 5. The van der Waals surface area contributed by atoms with E-state index in [1.165, 1.54) is 6.07 Å². The first-order chi connectivity index (χ1) is 17.0. The summed E-state index contributed by atoms with van der Waals surface area (Å²) < 4.78 is 19.4. The number of aromatic nitrogens is 3. The fourth-order valence-corrected chi connectivity index (χ4v) is 4.43. The molecule has 2 heterocycles. The van der Waals surface area contributed by atoms with Crippen molar-refractivity contribution in [3.05, 3.63) is 41.8 Å². The molecule has 1 fully saturated rings. The number of carbonyl (C=O) groups is 1. The summed E-state index contributed by atoms with van der Waals surface area (Å²) in [5.41, 5.74) is 9.00. The lowest BCUT2D eigenvalue weighted by Gasteiger charge is -2.30. The van der Waals surface area contributed by atoms with Gasteiger partial charge in [-0.15, -0.1) is 0 Å². The molecule has 1 aliphatic rings. The Hall–Kier alpha value is -3.49. The van der Waals surface area contributed by atoms with Crippen LogP contribution in [0.2, 0.25) is 0 Å². The summed E-state index contributed by atoms with van der Waals surface area (Å²) in [6.07, 6.45) is 4.82. The predicted octanol–water partition coefficient (Wildman–Crippen LogP) is 5.78. The highest BCUT2D eigenvalue weighted by Gasteiger charge is 2.25. The Morgan fingerprint density at radius 2 is 1.81 bits per heavy atom. The van der Waals surface area contributed by atoms with Crippen LogP contribution in [-0.4, -0.2) is 38.7 Å². The van der Waals surface area contributed by atoms with Gasteiger partial charge in [0, 0.05) is 17.6 Å². The van der Waals surface area contributed by atoms with Crippen LogP contribution < -0.4 is 16.4 Å². The summed E-state index contributed by atoms with van der Waals surface area (Å²) in [7, 11) is 0.